The molecule has 0 aromatic carbocycles. The molecule has 0 amide bonds. The van der Waals surface area contributed by atoms with Crippen molar-refractivity contribution >= 4 is 0 Å². The second-order valence-corrected chi connectivity index (χ2v) is 4.80. The molecule has 0 aromatic heterocycles. The molecule has 0 fully saturated rings. The lowest BCUT2D eigenvalue weighted by Crippen LogP contribution is -2.47. The fraction of sp³-hybridized carbons (Fsp3) is 1.00. The van der Waals surface area contributed by atoms with Crippen LogP contribution in [-0.4, -0.2) is 45.2 Å². The zero-order chi connectivity index (χ0) is 14.7. The first kappa shape index (κ1) is 18.7. The molecule has 0 rings (SSSR count). The van der Waals surface area contributed by atoms with Crippen molar-refractivity contribution in [2.24, 2.45) is 5.92 Å². The maximum Gasteiger partial charge on any atom is 0.404 e. The van der Waals surface area contributed by atoms with Gasteiger partial charge < -0.3 is 14.8 Å². The van der Waals surface area contributed by atoms with E-state index in [2.05, 4.69) is 12.2 Å². The molecule has 0 spiro atoms. The Kier molecular flexibility index (Phi) is 10.3. The number of alkyl halides is 3. The quantitative estimate of drug-likeness (QED) is 0.592. The van der Waals surface area contributed by atoms with Crippen molar-refractivity contribution in [1.29, 1.82) is 0 Å². The highest BCUT2D eigenvalue weighted by molar-refractivity contribution is 4.77. The molecule has 19 heavy (non-hydrogen) atoms. The van der Waals surface area contributed by atoms with Crippen LogP contribution < -0.4 is 5.32 Å². The van der Waals surface area contributed by atoms with Crippen molar-refractivity contribution in [1.82, 2.24) is 5.32 Å². The zero-order valence-corrected chi connectivity index (χ0v) is 12.1. The summed E-state index contributed by atoms with van der Waals surface area (Å²) < 4.78 is 48.3. The van der Waals surface area contributed by atoms with Crippen LogP contribution in [0.2, 0.25) is 0 Å². The Hall–Kier alpha value is -0.330. The lowest BCUT2D eigenvalue weighted by Gasteiger charge is -2.24. The maximum absolute atomic E-state index is 12.6. The van der Waals surface area contributed by atoms with Crippen molar-refractivity contribution in [3.05, 3.63) is 0 Å². The summed E-state index contributed by atoms with van der Waals surface area (Å²) in [5, 5.41) is 2.48. The molecule has 0 aromatic rings. The van der Waals surface area contributed by atoms with E-state index < -0.39 is 18.1 Å². The van der Waals surface area contributed by atoms with Crippen LogP contribution in [0.25, 0.3) is 0 Å². The van der Waals surface area contributed by atoms with Crippen molar-refractivity contribution in [3.63, 3.8) is 0 Å². The van der Waals surface area contributed by atoms with Crippen molar-refractivity contribution in [3.8, 4) is 0 Å². The molecule has 0 bridgehead atoms. The normalized spacial score (nSPS) is 14.1. The summed E-state index contributed by atoms with van der Waals surface area (Å²) in [5.74, 6) is -0.489. The zero-order valence-electron chi connectivity index (χ0n) is 12.1. The number of hydrogen-bond donors (Lipinski definition) is 1. The second-order valence-electron chi connectivity index (χ2n) is 4.80. The van der Waals surface area contributed by atoms with Gasteiger partial charge in [0.05, 0.1) is 19.8 Å². The summed E-state index contributed by atoms with van der Waals surface area (Å²) in [5.41, 5.74) is 0. The molecule has 0 aliphatic carbocycles. The van der Waals surface area contributed by atoms with Crippen LogP contribution in [-0.2, 0) is 9.47 Å². The Morgan fingerprint density at radius 1 is 1.00 bits per heavy atom. The Labute approximate surface area is 113 Å². The van der Waals surface area contributed by atoms with Crippen molar-refractivity contribution in [2.45, 2.75) is 45.8 Å². The van der Waals surface area contributed by atoms with Crippen molar-refractivity contribution < 1.29 is 22.6 Å². The van der Waals surface area contributed by atoms with Gasteiger partial charge in [-0.2, -0.15) is 13.2 Å². The van der Waals surface area contributed by atoms with E-state index in [1.165, 1.54) is 0 Å². The first-order valence-corrected chi connectivity index (χ1v) is 6.85. The molecule has 0 saturated carbocycles. The van der Waals surface area contributed by atoms with Crippen LogP contribution in [0.1, 0.15) is 33.6 Å². The molecule has 0 saturated heterocycles. The lowest BCUT2D eigenvalue weighted by atomic mass is 10.0. The predicted molar refractivity (Wildman–Crippen MR) is 69.2 cm³/mol. The van der Waals surface area contributed by atoms with Gasteiger partial charge in [0, 0.05) is 13.2 Å². The summed E-state index contributed by atoms with van der Waals surface area (Å²) >= 11 is 0. The third-order valence-corrected chi connectivity index (χ3v) is 2.64. The predicted octanol–water partition coefficient (Wildman–Crippen LogP) is 3.00. The second kappa shape index (κ2) is 10.5. The van der Waals surface area contributed by atoms with E-state index in [4.69, 9.17) is 9.47 Å². The van der Waals surface area contributed by atoms with E-state index in [0.29, 0.717) is 19.8 Å². The number of halogens is 3. The minimum absolute atomic E-state index is 0.192. The minimum atomic E-state index is -4.21. The lowest BCUT2D eigenvalue weighted by molar-refractivity contribution is -0.165. The molecule has 0 radical (unpaired) electrons. The summed E-state index contributed by atoms with van der Waals surface area (Å²) in [6.07, 6.45) is -2.11. The third-order valence-electron chi connectivity index (χ3n) is 2.64. The van der Waals surface area contributed by atoms with E-state index in [1.807, 2.05) is 0 Å². The Bertz CT molecular complexity index is 211. The van der Waals surface area contributed by atoms with Crippen molar-refractivity contribution in [2.75, 3.05) is 33.0 Å². The largest absolute Gasteiger partial charge is 0.404 e. The fourth-order valence-electron chi connectivity index (χ4n) is 1.58. The van der Waals surface area contributed by atoms with E-state index in [1.54, 1.807) is 13.8 Å². The standard InChI is InChI=1S/C13H26F3NO2/c1-4-5-7-18-9-10-19-8-6-17-12(11(2)3)13(14,15)16/h11-12,17H,4-10H2,1-3H3. The Morgan fingerprint density at radius 2 is 1.58 bits per heavy atom. The number of nitrogens with one attached hydrogen (secondary N) is 1. The molecule has 0 aliphatic rings. The minimum Gasteiger partial charge on any atom is -0.379 e. The van der Waals surface area contributed by atoms with Gasteiger partial charge in [0.15, 0.2) is 0 Å². The van der Waals surface area contributed by atoms with Crippen LogP contribution in [0.4, 0.5) is 13.2 Å². The van der Waals surface area contributed by atoms with Crippen LogP contribution in [0.5, 0.6) is 0 Å². The topological polar surface area (TPSA) is 30.5 Å². The van der Waals surface area contributed by atoms with Crippen LogP contribution in [0.15, 0.2) is 0 Å². The van der Waals surface area contributed by atoms with Gasteiger partial charge >= 0.3 is 6.18 Å². The van der Waals surface area contributed by atoms with E-state index >= 15 is 0 Å². The van der Waals surface area contributed by atoms with E-state index in [0.717, 1.165) is 12.8 Å². The highest BCUT2D eigenvalue weighted by Gasteiger charge is 2.40. The molecule has 3 nitrogen and oxygen atoms in total. The van der Waals surface area contributed by atoms with Gasteiger partial charge in [0.2, 0.25) is 0 Å². The van der Waals surface area contributed by atoms with E-state index in [-0.39, 0.29) is 13.2 Å². The first-order chi connectivity index (χ1) is 8.89. The van der Waals surface area contributed by atoms with Gasteiger partial charge in [-0.1, -0.05) is 27.2 Å². The van der Waals surface area contributed by atoms with Gasteiger partial charge in [-0.15, -0.1) is 0 Å². The van der Waals surface area contributed by atoms with E-state index in [9.17, 15) is 13.2 Å². The SMILES string of the molecule is CCCCOCCOCCNC(C(C)C)C(F)(F)F. The highest BCUT2D eigenvalue weighted by atomic mass is 19.4. The van der Waals surface area contributed by atoms with Gasteiger partial charge in [0.1, 0.15) is 6.04 Å². The average molecular weight is 285 g/mol. The Balaban J connectivity index is 3.51. The maximum atomic E-state index is 12.6. The molecular formula is C13H26F3NO2. The fourth-order valence-corrected chi connectivity index (χ4v) is 1.58. The molecule has 0 aliphatic heterocycles. The first-order valence-electron chi connectivity index (χ1n) is 6.85. The number of ether oxygens (including phenoxy) is 2. The molecule has 116 valence electrons. The summed E-state index contributed by atoms with van der Waals surface area (Å²) in [7, 11) is 0. The summed E-state index contributed by atoms with van der Waals surface area (Å²) in [6.45, 7) is 7.25. The molecular weight excluding hydrogens is 259 g/mol. The molecule has 6 heteroatoms. The monoisotopic (exact) mass is 285 g/mol. The van der Waals surface area contributed by atoms with Gasteiger partial charge in [-0.05, 0) is 12.3 Å². The average Bonchev–Trinajstić information content (AvgIpc) is 2.29. The molecule has 1 unspecified atom stereocenters. The van der Waals surface area contributed by atoms with Gasteiger partial charge in [0.25, 0.3) is 0 Å². The smallest absolute Gasteiger partial charge is 0.379 e. The summed E-state index contributed by atoms with van der Waals surface area (Å²) in [6, 6.07) is -1.48. The number of hydrogen-bond acceptors (Lipinski definition) is 3. The van der Waals surface area contributed by atoms with Crippen LogP contribution in [0, 0.1) is 5.92 Å². The molecule has 1 atom stereocenters. The highest BCUT2D eigenvalue weighted by Crippen LogP contribution is 2.25. The summed E-state index contributed by atoms with van der Waals surface area (Å²) in [4.78, 5) is 0. The third kappa shape index (κ3) is 10.2. The van der Waals surface area contributed by atoms with Gasteiger partial charge in [-0.25, -0.2) is 0 Å². The van der Waals surface area contributed by atoms with Gasteiger partial charge in [-0.3, -0.25) is 0 Å². The molecule has 0 heterocycles. The Morgan fingerprint density at radius 3 is 2.05 bits per heavy atom. The van der Waals surface area contributed by atoms with Crippen LogP contribution in [0.3, 0.4) is 0 Å². The number of unbranched alkanes of at least 4 members (excludes halogenated alkanes) is 1. The molecule has 1 N–H and O–H groups in total. The number of rotatable bonds is 11. The van der Waals surface area contributed by atoms with Crippen LogP contribution >= 0.6 is 0 Å².